The quantitative estimate of drug-likeness (QED) is 0.668. The predicted molar refractivity (Wildman–Crippen MR) is 106 cm³/mol. The number of hydrogen-bond acceptors (Lipinski definition) is 4. The van der Waals surface area contributed by atoms with Gasteiger partial charge in [-0.25, -0.2) is 8.78 Å². The molecule has 0 amide bonds. The third-order valence-electron chi connectivity index (χ3n) is 4.48. The van der Waals surface area contributed by atoms with Gasteiger partial charge in [0.1, 0.15) is 6.10 Å². The maximum absolute atomic E-state index is 14.4. The van der Waals surface area contributed by atoms with E-state index in [0.717, 1.165) is 12.1 Å². The van der Waals surface area contributed by atoms with Crippen LogP contribution < -0.4 is 10.5 Å². The minimum absolute atomic E-state index is 0. The van der Waals surface area contributed by atoms with Crippen molar-refractivity contribution in [2.24, 2.45) is 5.73 Å². The molecule has 0 aliphatic carbocycles. The molecule has 2 aromatic carbocycles. The zero-order valence-electron chi connectivity index (χ0n) is 14.7. The number of ether oxygens (including phenoxy) is 2. The Morgan fingerprint density at radius 2 is 1.64 bits per heavy atom. The lowest BCUT2D eigenvalue weighted by Gasteiger charge is -2.25. The number of hydrogen-bond donors (Lipinski definition) is 2. The van der Waals surface area contributed by atoms with Gasteiger partial charge in [-0.1, -0.05) is 29.3 Å². The number of aliphatic hydroxyl groups excluding tert-OH is 1. The fourth-order valence-corrected chi connectivity index (χ4v) is 3.24. The summed E-state index contributed by atoms with van der Waals surface area (Å²) < 4.78 is 39.5. The van der Waals surface area contributed by atoms with Crippen molar-refractivity contribution in [3.63, 3.8) is 0 Å². The van der Waals surface area contributed by atoms with Gasteiger partial charge in [-0.05, 0) is 35.4 Å². The Balaban J connectivity index is 0.00000280. The summed E-state index contributed by atoms with van der Waals surface area (Å²) in [5, 5.41) is 11.1. The van der Waals surface area contributed by atoms with Gasteiger partial charge in [0.2, 0.25) is 0 Å². The van der Waals surface area contributed by atoms with E-state index in [2.05, 4.69) is 0 Å². The largest absolute Gasteiger partial charge is 0.484 e. The third-order valence-corrected chi connectivity index (χ3v) is 5.22. The van der Waals surface area contributed by atoms with Gasteiger partial charge < -0.3 is 20.3 Å². The zero-order valence-corrected chi connectivity index (χ0v) is 17.0. The highest BCUT2D eigenvalue weighted by molar-refractivity contribution is 6.42. The Kier molecular flexibility index (Phi) is 8.30. The van der Waals surface area contributed by atoms with Crippen LogP contribution >= 0.6 is 35.6 Å². The summed E-state index contributed by atoms with van der Waals surface area (Å²) in [6.45, 7) is 0.979. The molecule has 4 nitrogen and oxygen atoms in total. The van der Waals surface area contributed by atoms with Crippen LogP contribution in [-0.4, -0.2) is 24.4 Å². The van der Waals surface area contributed by atoms with Crippen molar-refractivity contribution in [2.45, 2.75) is 31.1 Å². The van der Waals surface area contributed by atoms with Gasteiger partial charge in [0.25, 0.3) is 0 Å². The minimum Gasteiger partial charge on any atom is -0.484 e. The summed E-state index contributed by atoms with van der Waals surface area (Å²) in [7, 11) is 0. The molecule has 154 valence electrons. The second-order valence-electron chi connectivity index (χ2n) is 6.39. The standard InChI is InChI=1S/C19H19Cl2F2NO3.ClH/c20-13-2-1-10(7-14(13)21)17(24)18(25)11-8-15(22)19(16(23)9-11)27-12-3-5-26-6-4-12;/h1-2,7-9,12,17-18,25H,3-6,24H2;1H/t17-,18+;/m1./s1. The van der Waals surface area contributed by atoms with E-state index in [4.69, 9.17) is 38.4 Å². The molecule has 3 N–H and O–H groups in total. The molecule has 1 aliphatic heterocycles. The molecular formula is C19H20Cl3F2NO3. The van der Waals surface area contributed by atoms with Crippen LogP contribution in [0.5, 0.6) is 5.75 Å². The SMILES string of the molecule is Cl.N[C@H](c1ccc(Cl)c(Cl)c1)[C@@H](O)c1cc(F)c(OC2CCOCC2)c(F)c1. The van der Waals surface area contributed by atoms with E-state index in [9.17, 15) is 13.9 Å². The molecule has 1 saturated heterocycles. The highest BCUT2D eigenvalue weighted by Crippen LogP contribution is 2.34. The van der Waals surface area contributed by atoms with E-state index >= 15 is 0 Å². The third kappa shape index (κ3) is 5.26. The van der Waals surface area contributed by atoms with Crippen molar-refractivity contribution in [2.75, 3.05) is 13.2 Å². The molecule has 0 aromatic heterocycles. The van der Waals surface area contributed by atoms with Crippen LogP contribution in [0, 0.1) is 11.6 Å². The van der Waals surface area contributed by atoms with Gasteiger partial charge >= 0.3 is 0 Å². The first-order valence-corrected chi connectivity index (χ1v) is 9.24. The zero-order chi connectivity index (χ0) is 19.6. The number of nitrogens with two attached hydrogens (primary N) is 1. The molecule has 2 atom stereocenters. The van der Waals surface area contributed by atoms with E-state index in [-0.39, 0.29) is 29.1 Å². The maximum Gasteiger partial charge on any atom is 0.191 e. The Morgan fingerprint density at radius 3 is 2.21 bits per heavy atom. The normalized spacial score (nSPS) is 16.9. The van der Waals surface area contributed by atoms with E-state index < -0.39 is 29.5 Å². The van der Waals surface area contributed by atoms with Crippen LogP contribution in [-0.2, 0) is 4.74 Å². The average molecular weight is 455 g/mol. The predicted octanol–water partition coefficient (Wildman–Crippen LogP) is 4.98. The average Bonchev–Trinajstić information content (AvgIpc) is 2.66. The van der Waals surface area contributed by atoms with Gasteiger partial charge in [-0.15, -0.1) is 12.4 Å². The first-order chi connectivity index (χ1) is 12.9. The summed E-state index contributed by atoms with van der Waals surface area (Å²) in [4.78, 5) is 0. The van der Waals surface area contributed by atoms with Gasteiger partial charge in [-0.3, -0.25) is 0 Å². The van der Waals surface area contributed by atoms with Crippen LogP contribution in [0.4, 0.5) is 8.78 Å². The fourth-order valence-electron chi connectivity index (χ4n) is 2.93. The van der Waals surface area contributed by atoms with Crippen LogP contribution in [0.1, 0.15) is 36.1 Å². The van der Waals surface area contributed by atoms with Gasteiger partial charge in [0, 0.05) is 12.8 Å². The molecule has 1 heterocycles. The lowest BCUT2D eigenvalue weighted by Crippen LogP contribution is -2.26. The number of rotatable bonds is 5. The van der Waals surface area contributed by atoms with Gasteiger partial charge in [-0.2, -0.15) is 0 Å². The first-order valence-electron chi connectivity index (χ1n) is 8.48. The summed E-state index contributed by atoms with van der Waals surface area (Å²) in [6, 6.07) is 5.75. The maximum atomic E-state index is 14.4. The van der Waals surface area contributed by atoms with Crippen molar-refractivity contribution >= 4 is 35.6 Å². The van der Waals surface area contributed by atoms with Crippen molar-refractivity contribution in [1.82, 2.24) is 0 Å². The topological polar surface area (TPSA) is 64.7 Å². The summed E-state index contributed by atoms with van der Waals surface area (Å²) >= 11 is 11.8. The van der Waals surface area contributed by atoms with E-state index in [0.29, 0.717) is 36.6 Å². The van der Waals surface area contributed by atoms with E-state index in [1.807, 2.05) is 0 Å². The lowest BCUT2D eigenvalue weighted by atomic mass is 9.96. The van der Waals surface area contributed by atoms with Crippen LogP contribution in [0.15, 0.2) is 30.3 Å². The molecule has 0 radical (unpaired) electrons. The monoisotopic (exact) mass is 453 g/mol. The van der Waals surface area contributed by atoms with Gasteiger partial charge in [0.15, 0.2) is 17.4 Å². The molecule has 2 aromatic rings. The highest BCUT2D eigenvalue weighted by atomic mass is 35.5. The van der Waals surface area contributed by atoms with Crippen molar-refractivity contribution in [3.8, 4) is 5.75 Å². The Hall–Kier alpha value is -1.15. The second-order valence-corrected chi connectivity index (χ2v) is 7.20. The number of halogens is 5. The Morgan fingerprint density at radius 1 is 1.04 bits per heavy atom. The highest BCUT2D eigenvalue weighted by Gasteiger charge is 2.25. The number of aliphatic hydroxyl groups is 1. The number of benzene rings is 2. The molecule has 9 heteroatoms. The molecule has 0 unspecified atom stereocenters. The molecular weight excluding hydrogens is 435 g/mol. The van der Waals surface area contributed by atoms with Gasteiger partial charge in [0.05, 0.1) is 35.4 Å². The smallest absolute Gasteiger partial charge is 0.191 e. The molecule has 0 saturated carbocycles. The van der Waals surface area contributed by atoms with E-state index in [1.54, 1.807) is 6.07 Å². The van der Waals surface area contributed by atoms with Crippen LogP contribution in [0.3, 0.4) is 0 Å². The van der Waals surface area contributed by atoms with Crippen molar-refractivity contribution < 1.29 is 23.4 Å². The van der Waals surface area contributed by atoms with Crippen molar-refractivity contribution in [1.29, 1.82) is 0 Å². The van der Waals surface area contributed by atoms with Crippen LogP contribution in [0.25, 0.3) is 0 Å². The molecule has 28 heavy (non-hydrogen) atoms. The Labute approximate surface area is 177 Å². The molecule has 1 fully saturated rings. The van der Waals surface area contributed by atoms with Crippen LogP contribution in [0.2, 0.25) is 10.0 Å². The second kappa shape index (κ2) is 10.1. The molecule has 3 rings (SSSR count). The molecule has 0 spiro atoms. The first kappa shape index (κ1) is 23.1. The van der Waals surface area contributed by atoms with Crippen molar-refractivity contribution in [3.05, 3.63) is 63.1 Å². The Bertz CT molecular complexity index is 796. The summed E-state index contributed by atoms with van der Waals surface area (Å²) in [6.07, 6.45) is -0.531. The summed E-state index contributed by atoms with van der Waals surface area (Å²) in [5.74, 6) is -2.24. The van der Waals surface area contributed by atoms with E-state index in [1.165, 1.54) is 12.1 Å². The molecule has 0 bridgehead atoms. The lowest BCUT2D eigenvalue weighted by molar-refractivity contribution is 0.0222. The minimum atomic E-state index is -1.34. The fraction of sp³-hybridized carbons (Fsp3) is 0.368. The molecule has 1 aliphatic rings. The summed E-state index contributed by atoms with van der Waals surface area (Å²) in [5.41, 5.74) is 6.52.